The molecule has 0 bridgehead atoms. The van der Waals surface area contributed by atoms with Gasteiger partial charge in [-0.1, -0.05) is 12.1 Å². The van der Waals surface area contributed by atoms with Crippen molar-refractivity contribution in [2.45, 2.75) is 6.61 Å². The Morgan fingerprint density at radius 1 is 1.28 bits per heavy atom. The van der Waals surface area contributed by atoms with Crippen molar-refractivity contribution in [3.63, 3.8) is 0 Å². The van der Waals surface area contributed by atoms with Crippen molar-refractivity contribution in [1.29, 1.82) is 5.26 Å². The molecule has 1 heterocycles. The van der Waals surface area contributed by atoms with Gasteiger partial charge in [0.05, 0.1) is 12.7 Å². The molecule has 2 aromatic rings. The van der Waals surface area contributed by atoms with Gasteiger partial charge in [0, 0.05) is 12.3 Å². The monoisotopic (exact) mass is 240 g/mol. The van der Waals surface area contributed by atoms with Crippen molar-refractivity contribution in [2.24, 2.45) is 0 Å². The van der Waals surface area contributed by atoms with Gasteiger partial charge in [0.2, 0.25) is 5.88 Å². The third-order valence-corrected chi connectivity index (χ3v) is 2.39. The Labute approximate surface area is 105 Å². The van der Waals surface area contributed by atoms with Crippen LogP contribution in [0.25, 0.3) is 0 Å². The Morgan fingerprint density at radius 3 is 2.83 bits per heavy atom. The van der Waals surface area contributed by atoms with Crippen LogP contribution < -0.4 is 9.47 Å². The van der Waals surface area contributed by atoms with E-state index in [9.17, 15) is 0 Å². The van der Waals surface area contributed by atoms with Crippen molar-refractivity contribution in [3.05, 3.63) is 53.7 Å². The van der Waals surface area contributed by atoms with E-state index < -0.39 is 0 Å². The predicted octanol–water partition coefficient (Wildman–Crippen LogP) is 2.54. The van der Waals surface area contributed by atoms with Crippen molar-refractivity contribution < 1.29 is 9.47 Å². The summed E-state index contributed by atoms with van der Waals surface area (Å²) in [4.78, 5) is 4.03. The zero-order chi connectivity index (χ0) is 12.8. The second-order valence-electron chi connectivity index (χ2n) is 3.64. The molecule has 4 nitrogen and oxygen atoms in total. The molecule has 0 aliphatic rings. The third-order valence-electron chi connectivity index (χ3n) is 2.39. The summed E-state index contributed by atoms with van der Waals surface area (Å²) in [5.41, 5.74) is 1.52. The molecule has 1 aromatic heterocycles. The highest BCUT2D eigenvalue weighted by Gasteiger charge is 1.99. The van der Waals surface area contributed by atoms with Crippen LogP contribution in [0.15, 0.2) is 42.6 Å². The lowest BCUT2D eigenvalue weighted by atomic mass is 10.2. The van der Waals surface area contributed by atoms with E-state index in [0.29, 0.717) is 18.1 Å². The van der Waals surface area contributed by atoms with Gasteiger partial charge in [0.25, 0.3) is 0 Å². The summed E-state index contributed by atoms with van der Waals surface area (Å²) >= 11 is 0. The standard InChI is InChI=1S/C14H12N2O2/c1-17-13-4-2-3-11(7-13)10-18-14-6-5-12(8-15)9-16-14/h2-7,9H,10H2,1H3. The van der Waals surface area contributed by atoms with Gasteiger partial charge in [-0.05, 0) is 23.8 Å². The zero-order valence-corrected chi connectivity index (χ0v) is 9.96. The number of ether oxygens (including phenoxy) is 2. The van der Waals surface area contributed by atoms with Gasteiger partial charge < -0.3 is 9.47 Å². The van der Waals surface area contributed by atoms with E-state index in [1.165, 1.54) is 6.20 Å². The quantitative estimate of drug-likeness (QED) is 0.824. The Hall–Kier alpha value is -2.54. The van der Waals surface area contributed by atoms with Gasteiger partial charge in [-0.15, -0.1) is 0 Å². The van der Waals surface area contributed by atoms with Crippen LogP contribution in [0.5, 0.6) is 11.6 Å². The summed E-state index contributed by atoms with van der Waals surface area (Å²) in [5, 5.41) is 8.65. The van der Waals surface area contributed by atoms with Crippen LogP contribution in [-0.2, 0) is 6.61 Å². The van der Waals surface area contributed by atoms with Gasteiger partial charge >= 0.3 is 0 Å². The molecule has 0 saturated carbocycles. The van der Waals surface area contributed by atoms with Gasteiger partial charge in [-0.25, -0.2) is 4.98 Å². The first-order chi connectivity index (χ1) is 8.81. The number of pyridine rings is 1. The SMILES string of the molecule is COc1cccc(COc2ccc(C#N)cn2)c1. The first-order valence-electron chi connectivity index (χ1n) is 5.43. The summed E-state index contributed by atoms with van der Waals surface area (Å²) in [7, 11) is 1.63. The normalized spacial score (nSPS) is 9.56. The molecule has 18 heavy (non-hydrogen) atoms. The Bertz CT molecular complexity index is 559. The van der Waals surface area contributed by atoms with Crippen LogP contribution in [-0.4, -0.2) is 12.1 Å². The fraction of sp³-hybridized carbons (Fsp3) is 0.143. The van der Waals surface area contributed by atoms with Crippen molar-refractivity contribution in [1.82, 2.24) is 4.98 Å². The van der Waals surface area contributed by atoms with E-state index in [-0.39, 0.29) is 0 Å². The number of hydrogen-bond acceptors (Lipinski definition) is 4. The van der Waals surface area contributed by atoms with E-state index >= 15 is 0 Å². The topological polar surface area (TPSA) is 55.1 Å². The molecular formula is C14H12N2O2. The number of aromatic nitrogens is 1. The maximum Gasteiger partial charge on any atom is 0.213 e. The van der Waals surface area contributed by atoms with Gasteiger partial charge in [-0.2, -0.15) is 5.26 Å². The molecular weight excluding hydrogens is 228 g/mol. The molecule has 0 amide bonds. The molecule has 0 aliphatic heterocycles. The summed E-state index contributed by atoms with van der Waals surface area (Å²) in [6, 6.07) is 13.0. The molecule has 4 heteroatoms. The lowest BCUT2D eigenvalue weighted by molar-refractivity contribution is 0.293. The predicted molar refractivity (Wildman–Crippen MR) is 66.3 cm³/mol. The first-order valence-corrected chi connectivity index (χ1v) is 5.43. The largest absolute Gasteiger partial charge is 0.497 e. The van der Waals surface area contributed by atoms with Gasteiger partial charge in [0.1, 0.15) is 18.4 Å². The van der Waals surface area contributed by atoms with Crippen molar-refractivity contribution in [2.75, 3.05) is 7.11 Å². The van der Waals surface area contributed by atoms with Crippen LogP contribution in [0, 0.1) is 11.3 Å². The second-order valence-corrected chi connectivity index (χ2v) is 3.64. The molecule has 0 atom stereocenters. The third kappa shape index (κ3) is 2.98. The number of hydrogen-bond donors (Lipinski definition) is 0. The van der Waals surface area contributed by atoms with Crippen LogP contribution in [0.4, 0.5) is 0 Å². The molecule has 0 spiro atoms. The fourth-order valence-corrected chi connectivity index (χ4v) is 1.45. The number of methoxy groups -OCH3 is 1. The molecule has 0 unspecified atom stereocenters. The van der Waals surface area contributed by atoms with E-state index in [0.717, 1.165) is 11.3 Å². The summed E-state index contributed by atoms with van der Waals surface area (Å²) in [6.07, 6.45) is 1.49. The average molecular weight is 240 g/mol. The van der Waals surface area contributed by atoms with Gasteiger partial charge in [0.15, 0.2) is 0 Å². The Balaban J connectivity index is 2.00. The van der Waals surface area contributed by atoms with Crippen molar-refractivity contribution in [3.8, 4) is 17.7 Å². The molecule has 2 rings (SSSR count). The number of nitriles is 1. The highest BCUT2D eigenvalue weighted by atomic mass is 16.5. The average Bonchev–Trinajstić information content (AvgIpc) is 2.46. The zero-order valence-electron chi connectivity index (χ0n) is 9.96. The molecule has 90 valence electrons. The van der Waals surface area contributed by atoms with Crippen LogP contribution in [0.3, 0.4) is 0 Å². The Morgan fingerprint density at radius 2 is 2.17 bits per heavy atom. The minimum atomic E-state index is 0.413. The van der Waals surface area contributed by atoms with E-state index in [1.807, 2.05) is 30.3 Å². The number of rotatable bonds is 4. The minimum absolute atomic E-state index is 0.413. The number of benzene rings is 1. The van der Waals surface area contributed by atoms with Gasteiger partial charge in [-0.3, -0.25) is 0 Å². The van der Waals surface area contributed by atoms with Crippen LogP contribution >= 0.6 is 0 Å². The van der Waals surface area contributed by atoms with E-state index in [4.69, 9.17) is 14.7 Å². The van der Waals surface area contributed by atoms with Crippen molar-refractivity contribution >= 4 is 0 Å². The smallest absolute Gasteiger partial charge is 0.213 e. The lowest BCUT2D eigenvalue weighted by Crippen LogP contribution is -1.97. The molecule has 0 aliphatic carbocycles. The first kappa shape index (κ1) is 11.9. The lowest BCUT2D eigenvalue weighted by Gasteiger charge is -2.06. The number of nitrogens with zero attached hydrogens (tertiary/aromatic N) is 2. The maximum atomic E-state index is 8.65. The van der Waals surface area contributed by atoms with E-state index in [1.54, 1.807) is 19.2 Å². The van der Waals surface area contributed by atoms with Crippen LogP contribution in [0.1, 0.15) is 11.1 Å². The van der Waals surface area contributed by atoms with Crippen LogP contribution in [0.2, 0.25) is 0 Å². The second kappa shape index (κ2) is 5.69. The molecule has 0 radical (unpaired) electrons. The fourth-order valence-electron chi connectivity index (χ4n) is 1.45. The molecule has 0 saturated heterocycles. The summed E-state index contributed by atoms with van der Waals surface area (Å²) < 4.78 is 10.6. The minimum Gasteiger partial charge on any atom is -0.497 e. The molecule has 0 N–H and O–H groups in total. The van der Waals surface area contributed by atoms with E-state index in [2.05, 4.69) is 4.98 Å². The summed E-state index contributed by atoms with van der Waals surface area (Å²) in [6.45, 7) is 0.413. The Kier molecular flexibility index (Phi) is 3.77. The molecule has 1 aromatic carbocycles. The maximum absolute atomic E-state index is 8.65. The highest BCUT2D eigenvalue weighted by Crippen LogP contribution is 2.15. The molecule has 0 fully saturated rings. The summed E-state index contributed by atoms with van der Waals surface area (Å²) in [5.74, 6) is 1.29. The highest BCUT2D eigenvalue weighted by molar-refractivity contribution is 5.30.